The van der Waals surface area contributed by atoms with Crippen molar-refractivity contribution in [3.63, 3.8) is 0 Å². The van der Waals surface area contributed by atoms with E-state index >= 15 is 0 Å². The molecule has 1 saturated heterocycles. The topological polar surface area (TPSA) is 49.9 Å². The molecule has 2 amide bonds. The normalized spacial score (nSPS) is 21.8. The Kier molecular flexibility index (Phi) is 8.85. The molecule has 6 heteroatoms. The highest BCUT2D eigenvalue weighted by Crippen LogP contribution is 2.33. The van der Waals surface area contributed by atoms with E-state index in [2.05, 4.69) is 6.92 Å². The summed E-state index contributed by atoms with van der Waals surface area (Å²) in [7, 11) is 0. The Hall–Kier alpha value is -2.21. The molecule has 0 bridgehead atoms. The van der Waals surface area contributed by atoms with Gasteiger partial charge in [-0.25, -0.2) is 4.39 Å². The summed E-state index contributed by atoms with van der Waals surface area (Å²) >= 11 is 0. The van der Waals surface area contributed by atoms with Crippen molar-refractivity contribution in [1.29, 1.82) is 0 Å². The van der Waals surface area contributed by atoms with Gasteiger partial charge in [-0.1, -0.05) is 64.0 Å². The third-order valence-corrected chi connectivity index (χ3v) is 6.25. The second-order valence-corrected chi connectivity index (χ2v) is 9.13. The van der Waals surface area contributed by atoms with E-state index in [0.717, 1.165) is 19.3 Å². The van der Waals surface area contributed by atoms with Crippen LogP contribution in [0, 0.1) is 5.82 Å². The third kappa shape index (κ3) is 5.97. The van der Waals surface area contributed by atoms with Crippen molar-refractivity contribution < 1.29 is 18.7 Å². The molecule has 1 aromatic carbocycles. The third-order valence-electron chi connectivity index (χ3n) is 6.25. The van der Waals surface area contributed by atoms with Crippen molar-refractivity contribution >= 4 is 17.4 Å². The first-order valence-electron chi connectivity index (χ1n) is 12.2. The molecule has 0 radical (unpaired) electrons. The highest BCUT2D eigenvalue weighted by Gasteiger charge is 2.42. The smallest absolute Gasteiger partial charge is 0.277 e. The number of benzene rings is 1. The number of hydrogen-bond acceptors (Lipinski definition) is 4. The minimum absolute atomic E-state index is 0.0367. The van der Waals surface area contributed by atoms with Gasteiger partial charge in [0.15, 0.2) is 0 Å². The average Bonchev–Trinajstić information content (AvgIpc) is 3.00. The van der Waals surface area contributed by atoms with Crippen LogP contribution in [0.5, 0.6) is 0 Å². The fraction of sp³-hybridized carbons (Fsp3) is 0.615. The van der Waals surface area contributed by atoms with Crippen LogP contribution >= 0.6 is 0 Å². The molecule has 1 aromatic rings. The number of carbonyl (C=O) groups is 2. The molecule has 2 aliphatic heterocycles. The molecule has 0 N–H and O–H groups in total. The van der Waals surface area contributed by atoms with Crippen LogP contribution in [0.1, 0.15) is 77.7 Å². The summed E-state index contributed by atoms with van der Waals surface area (Å²) in [5, 5.41) is 0. The van der Waals surface area contributed by atoms with Gasteiger partial charge >= 0.3 is 0 Å². The monoisotopic (exact) mass is 444 g/mol. The van der Waals surface area contributed by atoms with Crippen LogP contribution in [-0.4, -0.2) is 53.5 Å². The first-order chi connectivity index (χ1) is 15.4. The van der Waals surface area contributed by atoms with Gasteiger partial charge in [0.1, 0.15) is 11.5 Å². The lowest BCUT2D eigenvalue weighted by molar-refractivity contribution is -0.138. The summed E-state index contributed by atoms with van der Waals surface area (Å²) in [4.78, 5) is 30.1. The lowest BCUT2D eigenvalue weighted by atomic mass is 10.0. The fourth-order valence-electron chi connectivity index (χ4n) is 4.70. The number of nitrogens with zero attached hydrogens (tertiary/aromatic N) is 2. The maximum absolute atomic E-state index is 13.5. The van der Waals surface area contributed by atoms with Gasteiger partial charge in [-0.3, -0.25) is 14.5 Å². The van der Waals surface area contributed by atoms with Gasteiger partial charge < -0.3 is 9.64 Å². The summed E-state index contributed by atoms with van der Waals surface area (Å²) in [5.41, 5.74) is 1.41. The molecular formula is C26H37FN2O3. The molecular weight excluding hydrogens is 407 g/mol. The number of imide groups is 1. The van der Waals surface area contributed by atoms with E-state index in [0.29, 0.717) is 36.5 Å². The number of amides is 2. The summed E-state index contributed by atoms with van der Waals surface area (Å²) in [6.07, 6.45) is 9.14. The molecule has 176 valence electrons. The SMILES string of the molecule is CCCCCCCCCCN1C(=O)C(c2ccc(F)cc2)=C(N2CC(C)OC(C)C2)C1=O. The number of hydrogen-bond donors (Lipinski definition) is 0. The second kappa shape index (κ2) is 11.6. The fourth-order valence-corrected chi connectivity index (χ4v) is 4.70. The van der Waals surface area contributed by atoms with E-state index in [4.69, 9.17) is 4.74 Å². The van der Waals surface area contributed by atoms with E-state index in [9.17, 15) is 14.0 Å². The molecule has 3 rings (SSSR count). The van der Waals surface area contributed by atoms with Gasteiger partial charge in [0.25, 0.3) is 11.8 Å². The molecule has 32 heavy (non-hydrogen) atoms. The van der Waals surface area contributed by atoms with Crippen molar-refractivity contribution in [3.05, 3.63) is 41.3 Å². The summed E-state index contributed by atoms with van der Waals surface area (Å²) < 4.78 is 19.3. The van der Waals surface area contributed by atoms with Gasteiger partial charge in [0, 0.05) is 19.6 Å². The van der Waals surface area contributed by atoms with Crippen molar-refractivity contribution in [2.24, 2.45) is 0 Å². The lowest BCUT2D eigenvalue weighted by Crippen LogP contribution is -2.47. The minimum Gasteiger partial charge on any atom is -0.372 e. The first kappa shape index (κ1) is 24.4. The Labute approximate surface area is 191 Å². The van der Waals surface area contributed by atoms with Crippen LogP contribution in [0.3, 0.4) is 0 Å². The summed E-state index contributed by atoms with van der Waals surface area (Å²) in [6, 6.07) is 5.85. The zero-order valence-electron chi connectivity index (χ0n) is 19.7. The maximum Gasteiger partial charge on any atom is 0.277 e. The zero-order valence-corrected chi connectivity index (χ0v) is 19.7. The van der Waals surface area contributed by atoms with Gasteiger partial charge in [0.05, 0.1) is 17.8 Å². The first-order valence-corrected chi connectivity index (χ1v) is 12.2. The molecule has 2 aliphatic rings. The Morgan fingerprint density at radius 1 is 0.875 bits per heavy atom. The van der Waals surface area contributed by atoms with E-state index in [1.165, 1.54) is 49.1 Å². The molecule has 0 spiro atoms. The Balaban J connectivity index is 1.71. The number of unbranched alkanes of at least 4 members (excludes halogenated alkanes) is 7. The van der Waals surface area contributed by atoms with Gasteiger partial charge in [-0.05, 0) is 38.0 Å². The van der Waals surface area contributed by atoms with E-state index in [1.807, 2.05) is 18.7 Å². The van der Waals surface area contributed by atoms with Gasteiger partial charge in [-0.15, -0.1) is 0 Å². The van der Waals surface area contributed by atoms with Crippen LogP contribution < -0.4 is 0 Å². The highest BCUT2D eigenvalue weighted by molar-refractivity contribution is 6.35. The van der Waals surface area contributed by atoms with Crippen molar-refractivity contribution in [2.75, 3.05) is 19.6 Å². The van der Waals surface area contributed by atoms with E-state index in [-0.39, 0.29) is 29.8 Å². The highest BCUT2D eigenvalue weighted by atomic mass is 19.1. The largest absolute Gasteiger partial charge is 0.372 e. The van der Waals surface area contributed by atoms with Crippen LogP contribution in [0.15, 0.2) is 30.0 Å². The minimum atomic E-state index is -0.364. The summed E-state index contributed by atoms with van der Waals surface area (Å²) in [6.45, 7) is 7.69. The molecule has 5 nitrogen and oxygen atoms in total. The zero-order chi connectivity index (χ0) is 23.1. The van der Waals surface area contributed by atoms with Gasteiger partial charge in [0.2, 0.25) is 0 Å². The number of carbonyl (C=O) groups excluding carboxylic acids is 2. The molecule has 2 atom stereocenters. The van der Waals surface area contributed by atoms with Crippen LogP contribution in [-0.2, 0) is 14.3 Å². The van der Waals surface area contributed by atoms with E-state index in [1.54, 1.807) is 12.1 Å². The average molecular weight is 445 g/mol. The number of ether oxygens (including phenoxy) is 1. The molecule has 0 saturated carbocycles. The Morgan fingerprint density at radius 2 is 1.44 bits per heavy atom. The number of morpholine rings is 1. The van der Waals surface area contributed by atoms with E-state index < -0.39 is 0 Å². The second-order valence-electron chi connectivity index (χ2n) is 9.13. The van der Waals surface area contributed by atoms with Crippen molar-refractivity contribution in [3.8, 4) is 0 Å². The van der Waals surface area contributed by atoms with Crippen molar-refractivity contribution in [1.82, 2.24) is 9.80 Å². The van der Waals surface area contributed by atoms with Crippen LogP contribution in [0.25, 0.3) is 5.57 Å². The molecule has 1 fully saturated rings. The quantitative estimate of drug-likeness (QED) is 0.350. The standard InChI is InChI=1S/C26H37FN2O3/c1-4-5-6-7-8-9-10-11-16-29-25(30)23(21-12-14-22(27)15-13-21)24(26(29)31)28-17-19(2)32-20(3)18-28/h12-15,19-20H,4-11,16-18H2,1-3H3. The maximum atomic E-state index is 13.5. The molecule has 0 aromatic heterocycles. The predicted octanol–water partition coefficient (Wildman–Crippen LogP) is 5.16. The Morgan fingerprint density at radius 3 is 2.03 bits per heavy atom. The van der Waals surface area contributed by atoms with Crippen LogP contribution in [0.2, 0.25) is 0 Å². The van der Waals surface area contributed by atoms with Crippen molar-refractivity contribution in [2.45, 2.75) is 84.3 Å². The number of rotatable bonds is 11. The Bertz CT molecular complexity index is 811. The number of halogens is 1. The summed E-state index contributed by atoms with van der Waals surface area (Å²) in [5.74, 6) is -0.873. The van der Waals surface area contributed by atoms with Crippen LogP contribution in [0.4, 0.5) is 4.39 Å². The molecule has 2 unspecified atom stereocenters. The lowest BCUT2D eigenvalue weighted by Gasteiger charge is -2.37. The van der Waals surface area contributed by atoms with Gasteiger partial charge in [-0.2, -0.15) is 0 Å². The molecule has 0 aliphatic carbocycles. The predicted molar refractivity (Wildman–Crippen MR) is 124 cm³/mol. The molecule has 2 heterocycles.